The predicted molar refractivity (Wildman–Crippen MR) is 78.7 cm³/mol. The van der Waals surface area contributed by atoms with Crippen molar-refractivity contribution in [1.82, 2.24) is 9.88 Å². The van der Waals surface area contributed by atoms with Crippen LogP contribution in [0.5, 0.6) is 0 Å². The monoisotopic (exact) mass is 303 g/mol. The van der Waals surface area contributed by atoms with Crippen molar-refractivity contribution in [3.05, 3.63) is 29.0 Å². The van der Waals surface area contributed by atoms with Gasteiger partial charge in [-0.3, -0.25) is 9.78 Å². The lowest BCUT2D eigenvalue weighted by Crippen LogP contribution is -2.45. The standard InChI is InChI=1S/C13H18ClN3O.ClH/c1-9-3-5-17(8-10(9)6-15)13(18)11-2-4-16-7-12(11)14;/h2,4,7,9-10H,3,5-6,8,15H2,1H3;1H. The van der Waals surface area contributed by atoms with E-state index in [9.17, 15) is 4.79 Å². The quantitative estimate of drug-likeness (QED) is 0.911. The second kappa shape index (κ2) is 7.08. The lowest BCUT2D eigenvalue weighted by molar-refractivity contribution is 0.0618. The average molecular weight is 304 g/mol. The van der Waals surface area contributed by atoms with E-state index in [1.807, 2.05) is 4.90 Å². The number of halogens is 2. The SMILES string of the molecule is CC1CCN(C(=O)c2ccncc2Cl)CC1CN.Cl. The number of likely N-dealkylation sites (tertiary alicyclic amines) is 1. The summed E-state index contributed by atoms with van der Waals surface area (Å²) in [6.07, 6.45) is 4.09. The summed E-state index contributed by atoms with van der Waals surface area (Å²) >= 11 is 6.00. The van der Waals surface area contributed by atoms with Crippen LogP contribution in [0.25, 0.3) is 0 Å². The number of carbonyl (C=O) groups excluding carboxylic acids is 1. The Morgan fingerprint density at radius 2 is 2.37 bits per heavy atom. The largest absolute Gasteiger partial charge is 0.338 e. The molecule has 1 aromatic heterocycles. The van der Waals surface area contributed by atoms with Crippen LogP contribution in [0, 0.1) is 11.8 Å². The predicted octanol–water partition coefficient (Wildman–Crippen LogP) is 2.21. The molecular formula is C13H19Cl2N3O. The summed E-state index contributed by atoms with van der Waals surface area (Å²) in [6.45, 7) is 4.30. The molecule has 2 heterocycles. The molecule has 6 heteroatoms. The van der Waals surface area contributed by atoms with E-state index in [0.717, 1.165) is 19.5 Å². The van der Waals surface area contributed by atoms with Crippen molar-refractivity contribution in [2.45, 2.75) is 13.3 Å². The molecule has 1 amide bonds. The smallest absolute Gasteiger partial charge is 0.255 e. The van der Waals surface area contributed by atoms with Crippen molar-refractivity contribution in [3.8, 4) is 0 Å². The molecule has 1 aliphatic heterocycles. The van der Waals surface area contributed by atoms with E-state index >= 15 is 0 Å². The Kier molecular flexibility index (Phi) is 6.04. The van der Waals surface area contributed by atoms with Crippen LogP contribution in [-0.2, 0) is 0 Å². The molecule has 0 aromatic carbocycles. The minimum Gasteiger partial charge on any atom is -0.338 e. The van der Waals surface area contributed by atoms with Crippen LogP contribution in [0.1, 0.15) is 23.7 Å². The first-order valence-corrected chi connectivity index (χ1v) is 6.60. The lowest BCUT2D eigenvalue weighted by Gasteiger charge is -2.36. The maximum Gasteiger partial charge on any atom is 0.255 e. The third kappa shape index (κ3) is 3.59. The summed E-state index contributed by atoms with van der Waals surface area (Å²) in [5, 5.41) is 0.408. The van der Waals surface area contributed by atoms with Crippen LogP contribution in [-0.4, -0.2) is 35.4 Å². The van der Waals surface area contributed by atoms with Gasteiger partial charge in [0, 0.05) is 25.5 Å². The van der Waals surface area contributed by atoms with Gasteiger partial charge in [0.25, 0.3) is 5.91 Å². The second-order valence-corrected chi connectivity index (χ2v) is 5.28. The van der Waals surface area contributed by atoms with Crippen LogP contribution in [0.15, 0.2) is 18.5 Å². The molecule has 0 bridgehead atoms. The van der Waals surface area contributed by atoms with Gasteiger partial charge < -0.3 is 10.6 Å². The molecule has 0 radical (unpaired) electrons. The van der Waals surface area contributed by atoms with Gasteiger partial charge >= 0.3 is 0 Å². The number of pyridine rings is 1. The molecule has 0 saturated carbocycles. The number of carbonyl (C=O) groups is 1. The Bertz CT molecular complexity index is 442. The maximum atomic E-state index is 12.4. The minimum absolute atomic E-state index is 0. The van der Waals surface area contributed by atoms with Crippen LogP contribution >= 0.6 is 24.0 Å². The molecule has 2 atom stereocenters. The fraction of sp³-hybridized carbons (Fsp3) is 0.538. The third-order valence-electron chi connectivity index (χ3n) is 3.71. The fourth-order valence-electron chi connectivity index (χ4n) is 2.36. The highest BCUT2D eigenvalue weighted by atomic mass is 35.5. The van der Waals surface area contributed by atoms with Crippen molar-refractivity contribution in [2.24, 2.45) is 17.6 Å². The Labute approximate surface area is 124 Å². The Balaban J connectivity index is 0.00000180. The van der Waals surface area contributed by atoms with Gasteiger partial charge in [-0.25, -0.2) is 0 Å². The van der Waals surface area contributed by atoms with Crippen LogP contribution in [0.2, 0.25) is 5.02 Å². The van der Waals surface area contributed by atoms with E-state index in [-0.39, 0.29) is 18.3 Å². The molecule has 1 saturated heterocycles. The Hall–Kier alpha value is -0.840. The van der Waals surface area contributed by atoms with E-state index in [4.69, 9.17) is 17.3 Å². The van der Waals surface area contributed by atoms with Gasteiger partial charge in [0.1, 0.15) is 0 Å². The summed E-state index contributed by atoms with van der Waals surface area (Å²) < 4.78 is 0. The van der Waals surface area contributed by atoms with E-state index < -0.39 is 0 Å². The number of hydrogen-bond donors (Lipinski definition) is 1. The zero-order valence-corrected chi connectivity index (χ0v) is 12.5. The lowest BCUT2D eigenvalue weighted by atomic mass is 9.87. The zero-order valence-electron chi connectivity index (χ0n) is 10.9. The molecular weight excluding hydrogens is 285 g/mol. The normalized spacial score (nSPS) is 22.8. The maximum absolute atomic E-state index is 12.4. The second-order valence-electron chi connectivity index (χ2n) is 4.87. The highest BCUT2D eigenvalue weighted by molar-refractivity contribution is 6.33. The topological polar surface area (TPSA) is 59.2 Å². The molecule has 2 N–H and O–H groups in total. The molecule has 2 rings (SSSR count). The molecule has 4 nitrogen and oxygen atoms in total. The first kappa shape index (κ1) is 16.2. The molecule has 1 fully saturated rings. The van der Waals surface area contributed by atoms with E-state index in [0.29, 0.717) is 29.0 Å². The first-order chi connectivity index (χ1) is 8.63. The average Bonchev–Trinajstić information content (AvgIpc) is 2.39. The van der Waals surface area contributed by atoms with Crippen molar-refractivity contribution in [2.75, 3.05) is 19.6 Å². The summed E-state index contributed by atoms with van der Waals surface area (Å²) in [5.74, 6) is 0.933. The number of nitrogens with zero attached hydrogens (tertiary/aromatic N) is 2. The van der Waals surface area contributed by atoms with Gasteiger partial charge in [0.15, 0.2) is 0 Å². The zero-order chi connectivity index (χ0) is 13.1. The molecule has 0 aliphatic carbocycles. The van der Waals surface area contributed by atoms with Crippen molar-refractivity contribution in [1.29, 1.82) is 0 Å². The minimum atomic E-state index is -0.0206. The summed E-state index contributed by atoms with van der Waals surface area (Å²) in [4.78, 5) is 18.1. The number of rotatable bonds is 2. The Morgan fingerprint density at radius 3 is 3.00 bits per heavy atom. The van der Waals surface area contributed by atoms with Crippen molar-refractivity contribution >= 4 is 29.9 Å². The number of nitrogens with two attached hydrogens (primary N) is 1. The van der Waals surface area contributed by atoms with Crippen molar-refractivity contribution < 1.29 is 4.79 Å². The number of hydrogen-bond acceptors (Lipinski definition) is 3. The summed E-state index contributed by atoms with van der Waals surface area (Å²) in [7, 11) is 0. The number of aromatic nitrogens is 1. The van der Waals surface area contributed by atoms with Gasteiger partial charge in [-0.15, -0.1) is 12.4 Å². The molecule has 106 valence electrons. The van der Waals surface area contributed by atoms with Crippen LogP contribution < -0.4 is 5.73 Å². The van der Waals surface area contributed by atoms with E-state index in [2.05, 4.69) is 11.9 Å². The molecule has 1 aliphatic rings. The van der Waals surface area contributed by atoms with Gasteiger partial charge in [0.2, 0.25) is 0 Å². The third-order valence-corrected chi connectivity index (χ3v) is 4.01. The first-order valence-electron chi connectivity index (χ1n) is 6.22. The fourth-order valence-corrected chi connectivity index (χ4v) is 2.56. The van der Waals surface area contributed by atoms with Gasteiger partial charge in [0.05, 0.1) is 10.6 Å². The molecule has 0 spiro atoms. The van der Waals surface area contributed by atoms with E-state index in [1.165, 1.54) is 6.20 Å². The van der Waals surface area contributed by atoms with E-state index in [1.54, 1.807) is 12.3 Å². The van der Waals surface area contributed by atoms with Gasteiger partial charge in [-0.1, -0.05) is 18.5 Å². The highest BCUT2D eigenvalue weighted by Crippen LogP contribution is 2.25. The molecule has 2 unspecified atom stereocenters. The highest BCUT2D eigenvalue weighted by Gasteiger charge is 2.29. The summed E-state index contributed by atoms with van der Waals surface area (Å²) in [6, 6.07) is 1.67. The molecule has 1 aromatic rings. The summed E-state index contributed by atoms with van der Waals surface area (Å²) in [5.41, 5.74) is 6.28. The molecule has 19 heavy (non-hydrogen) atoms. The van der Waals surface area contributed by atoms with Crippen LogP contribution in [0.3, 0.4) is 0 Å². The van der Waals surface area contributed by atoms with Crippen LogP contribution in [0.4, 0.5) is 0 Å². The Morgan fingerprint density at radius 1 is 1.63 bits per heavy atom. The van der Waals surface area contributed by atoms with Gasteiger partial charge in [-0.05, 0) is 30.9 Å². The number of amides is 1. The number of piperidine rings is 1. The van der Waals surface area contributed by atoms with Gasteiger partial charge in [-0.2, -0.15) is 0 Å². The van der Waals surface area contributed by atoms with Crippen molar-refractivity contribution in [3.63, 3.8) is 0 Å².